The van der Waals surface area contributed by atoms with Gasteiger partial charge in [0.2, 0.25) is 0 Å². The van der Waals surface area contributed by atoms with Gasteiger partial charge in [0, 0.05) is 23.7 Å². The van der Waals surface area contributed by atoms with E-state index in [9.17, 15) is 0 Å². The lowest BCUT2D eigenvalue weighted by molar-refractivity contribution is 0.714. The van der Waals surface area contributed by atoms with Gasteiger partial charge in [-0.05, 0) is 12.8 Å². The fraction of sp³-hybridized carbons (Fsp3) is 0.444. The van der Waals surface area contributed by atoms with Crippen molar-refractivity contribution in [2.75, 3.05) is 0 Å². The zero-order valence-electron chi connectivity index (χ0n) is 8.76. The van der Waals surface area contributed by atoms with Crippen LogP contribution in [0.5, 0.6) is 0 Å². The second kappa shape index (κ2) is 4.56. The minimum atomic E-state index is -0.0757. The van der Waals surface area contributed by atoms with Gasteiger partial charge in [-0.1, -0.05) is 11.8 Å². The van der Waals surface area contributed by atoms with Crippen molar-refractivity contribution in [1.29, 1.82) is 5.41 Å². The molecule has 0 radical (unpaired) electrons. The van der Waals surface area contributed by atoms with Gasteiger partial charge in [-0.25, -0.2) is 4.98 Å². The largest absolute Gasteiger partial charge is 0.370 e. The van der Waals surface area contributed by atoms with E-state index in [0.29, 0.717) is 11.8 Å². The molecule has 0 aliphatic heterocycles. The molecule has 1 heterocycles. The lowest BCUT2D eigenvalue weighted by Crippen LogP contribution is -2.23. The third kappa shape index (κ3) is 2.75. The third-order valence-electron chi connectivity index (χ3n) is 2.27. The second-order valence-electron chi connectivity index (χ2n) is 3.65. The van der Waals surface area contributed by atoms with Gasteiger partial charge in [0.05, 0.1) is 6.33 Å². The quantitative estimate of drug-likeness (QED) is 0.531. The van der Waals surface area contributed by atoms with E-state index >= 15 is 0 Å². The van der Waals surface area contributed by atoms with E-state index in [4.69, 9.17) is 16.9 Å². The number of hydrogen-bond donors (Lipinski definition) is 3. The van der Waals surface area contributed by atoms with E-state index in [0.717, 1.165) is 5.69 Å². The summed E-state index contributed by atoms with van der Waals surface area (Å²) in [5.41, 5.74) is 11.5. The molecule has 7 heteroatoms. The number of imidazole rings is 1. The van der Waals surface area contributed by atoms with Gasteiger partial charge in [0.1, 0.15) is 0 Å². The van der Waals surface area contributed by atoms with E-state index in [1.807, 2.05) is 12.5 Å². The lowest BCUT2D eigenvalue weighted by atomic mass is 10.5. The average molecular weight is 238 g/mol. The molecule has 0 unspecified atom stereocenters. The number of guanidine groups is 1. The Morgan fingerprint density at radius 2 is 2.38 bits per heavy atom. The fourth-order valence-corrected chi connectivity index (χ4v) is 2.10. The standard InChI is InChI=1S/C9H14N6S/c10-8(11)14-9(12)16-4-7-3-13-5-15(7)6-1-2-6/h3,5-6H,1-2,4H2,(H5,10,11,12,14). The van der Waals surface area contributed by atoms with E-state index < -0.39 is 0 Å². The highest BCUT2D eigenvalue weighted by molar-refractivity contribution is 8.13. The number of nitrogens with zero attached hydrogens (tertiary/aromatic N) is 3. The van der Waals surface area contributed by atoms with Crippen molar-refractivity contribution in [3.8, 4) is 0 Å². The topological polar surface area (TPSA) is 106 Å². The summed E-state index contributed by atoms with van der Waals surface area (Å²) in [4.78, 5) is 7.77. The summed E-state index contributed by atoms with van der Waals surface area (Å²) in [6, 6.07) is 0.607. The first-order valence-corrected chi connectivity index (χ1v) is 5.97. The van der Waals surface area contributed by atoms with E-state index in [1.54, 1.807) is 0 Å². The molecule has 0 bridgehead atoms. The maximum Gasteiger partial charge on any atom is 0.193 e. The SMILES string of the molecule is N=C(N=C(N)N)SCc1cncn1C1CC1. The monoisotopic (exact) mass is 238 g/mol. The summed E-state index contributed by atoms with van der Waals surface area (Å²) in [6.07, 6.45) is 6.12. The summed E-state index contributed by atoms with van der Waals surface area (Å²) >= 11 is 1.30. The average Bonchev–Trinajstić information content (AvgIpc) is 2.94. The van der Waals surface area contributed by atoms with Gasteiger partial charge in [0.15, 0.2) is 11.1 Å². The highest BCUT2D eigenvalue weighted by atomic mass is 32.2. The van der Waals surface area contributed by atoms with Crippen LogP contribution in [0.2, 0.25) is 0 Å². The van der Waals surface area contributed by atoms with Crippen molar-refractivity contribution in [1.82, 2.24) is 9.55 Å². The Hall–Kier alpha value is -1.50. The van der Waals surface area contributed by atoms with Crippen LogP contribution in [-0.4, -0.2) is 20.7 Å². The number of nitrogens with two attached hydrogens (primary N) is 2. The maximum atomic E-state index is 7.50. The minimum Gasteiger partial charge on any atom is -0.370 e. The number of nitrogens with one attached hydrogen (secondary N) is 1. The summed E-state index contributed by atoms with van der Waals surface area (Å²) < 4.78 is 2.16. The second-order valence-corrected chi connectivity index (χ2v) is 4.62. The molecule has 1 aliphatic carbocycles. The molecule has 0 aromatic carbocycles. The third-order valence-corrected chi connectivity index (χ3v) is 3.08. The van der Waals surface area contributed by atoms with Crippen LogP contribution in [0.3, 0.4) is 0 Å². The van der Waals surface area contributed by atoms with Crippen LogP contribution in [0.15, 0.2) is 17.5 Å². The summed E-state index contributed by atoms with van der Waals surface area (Å²) in [6.45, 7) is 0. The number of aliphatic imine (C=N–C) groups is 1. The summed E-state index contributed by atoms with van der Waals surface area (Å²) in [5, 5.41) is 7.63. The predicted molar refractivity (Wildman–Crippen MR) is 65.3 cm³/mol. The molecule has 5 N–H and O–H groups in total. The Kier molecular flexibility index (Phi) is 3.14. The number of thioether (sulfide) groups is 1. The Bertz CT molecular complexity index is 415. The van der Waals surface area contributed by atoms with Crippen molar-refractivity contribution < 1.29 is 0 Å². The molecular weight excluding hydrogens is 224 g/mol. The van der Waals surface area contributed by atoms with Crippen molar-refractivity contribution in [3.05, 3.63) is 18.2 Å². The highest BCUT2D eigenvalue weighted by Gasteiger charge is 2.25. The Morgan fingerprint density at radius 3 is 3.00 bits per heavy atom. The van der Waals surface area contributed by atoms with Crippen LogP contribution < -0.4 is 11.5 Å². The number of hydrogen-bond acceptors (Lipinski definition) is 3. The zero-order valence-corrected chi connectivity index (χ0v) is 9.57. The Labute approximate surface area is 97.6 Å². The molecule has 86 valence electrons. The molecule has 2 rings (SSSR count). The van der Waals surface area contributed by atoms with Gasteiger partial charge >= 0.3 is 0 Å². The van der Waals surface area contributed by atoms with Crippen molar-refractivity contribution in [2.24, 2.45) is 16.5 Å². The molecule has 1 aliphatic rings. The molecule has 0 saturated heterocycles. The van der Waals surface area contributed by atoms with Gasteiger partial charge in [-0.15, -0.1) is 0 Å². The van der Waals surface area contributed by atoms with Crippen LogP contribution in [0.25, 0.3) is 0 Å². The van der Waals surface area contributed by atoms with Crippen LogP contribution in [0.1, 0.15) is 24.6 Å². The minimum absolute atomic E-state index is 0.0757. The number of amidine groups is 1. The van der Waals surface area contributed by atoms with Gasteiger partial charge < -0.3 is 16.0 Å². The summed E-state index contributed by atoms with van der Waals surface area (Å²) in [7, 11) is 0. The van der Waals surface area contributed by atoms with Gasteiger partial charge in [-0.2, -0.15) is 4.99 Å². The molecule has 16 heavy (non-hydrogen) atoms. The van der Waals surface area contributed by atoms with Crippen molar-refractivity contribution >= 4 is 22.9 Å². The smallest absolute Gasteiger partial charge is 0.193 e. The van der Waals surface area contributed by atoms with E-state index in [1.165, 1.54) is 24.6 Å². The molecule has 0 amide bonds. The molecule has 1 aromatic rings. The Morgan fingerprint density at radius 1 is 1.62 bits per heavy atom. The first kappa shape index (κ1) is 11.0. The van der Waals surface area contributed by atoms with Gasteiger partial charge in [-0.3, -0.25) is 5.41 Å². The number of rotatable bonds is 3. The van der Waals surface area contributed by atoms with Crippen molar-refractivity contribution in [2.45, 2.75) is 24.6 Å². The maximum absolute atomic E-state index is 7.50. The highest BCUT2D eigenvalue weighted by Crippen LogP contribution is 2.36. The molecular formula is C9H14N6S. The summed E-state index contributed by atoms with van der Waals surface area (Å²) in [5.74, 6) is 0.597. The fourth-order valence-electron chi connectivity index (χ4n) is 1.42. The van der Waals surface area contributed by atoms with E-state index in [2.05, 4.69) is 14.5 Å². The Balaban J connectivity index is 1.91. The van der Waals surface area contributed by atoms with Gasteiger partial charge in [0.25, 0.3) is 0 Å². The predicted octanol–water partition coefficient (Wildman–Crippen LogP) is 0.659. The molecule has 1 aromatic heterocycles. The first-order valence-electron chi connectivity index (χ1n) is 4.98. The van der Waals surface area contributed by atoms with Crippen LogP contribution >= 0.6 is 11.8 Å². The zero-order chi connectivity index (χ0) is 11.5. The molecule has 0 spiro atoms. The normalized spacial score (nSPS) is 14.8. The lowest BCUT2D eigenvalue weighted by Gasteiger charge is -2.05. The molecule has 1 fully saturated rings. The first-order chi connectivity index (χ1) is 7.66. The molecule has 6 nitrogen and oxygen atoms in total. The van der Waals surface area contributed by atoms with Crippen molar-refractivity contribution in [3.63, 3.8) is 0 Å². The van der Waals surface area contributed by atoms with Crippen LogP contribution in [0, 0.1) is 5.41 Å². The van der Waals surface area contributed by atoms with Crippen LogP contribution in [-0.2, 0) is 5.75 Å². The molecule has 1 saturated carbocycles. The number of aromatic nitrogens is 2. The van der Waals surface area contributed by atoms with Crippen LogP contribution in [0.4, 0.5) is 0 Å². The molecule has 0 atom stereocenters. The van der Waals surface area contributed by atoms with E-state index in [-0.39, 0.29) is 11.1 Å².